The minimum absolute atomic E-state index is 0.0209. The molecule has 5 N–H and O–H groups in total. The van der Waals surface area contributed by atoms with Crippen LogP contribution in [-0.2, 0) is 47.1 Å². The molecule has 7 heterocycles. The average Bonchev–Trinajstić information content (AvgIpc) is 1.72. The number of aromatic nitrogens is 6. The van der Waals surface area contributed by atoms with Gasteiger partial charge in [0.15, 0.2) is 11.5 Å². The molecule has 6 aromatic rings. The molecule has 4 saturated heterocycles. The fraction of sp³-hybridized carbons (Fsp3) is 0.522. The number of nitrogens with one attached hydrogen (secondary N) is 3. The number of methoxy groups -OCH3 is 1. The van der Waals surface area contributed by atoms with Gasteiger partial charge in [0, 0.05) is 126 Å². The van der Waals surface area contributed by atoms with Gasteiger partial charge >= 0.3 is 12.0 Å². The molecule has 3 aromatic carbocycles. The fourth-order valence-corrected chi connectivity index (χ4v) is 13.8. The number of benzene rings is 3. The number of ether oxygens (including phenoxy) is 1. The maximum atomic E-state index is 15.7. The monoisotopic (exact) mass is 1280 g/mol. The summed E-state index contributed by atoms with van der Waals surface area (Å²) < 4.78 is 23.5. The van der Waals surface area contributed by atoms with Crippen molar-refractivity contribution in [3.8, 4) is 11.1 Å². The van der Waals surface area contributed by atoms with Gasteiger partial charge in [-0.2, -0.15) is 10.2 Å². The van der Waals surface area contributed by atoms with Crippen molar-refractivity contribution >= 4 is 87.0 Å². The molecule has 7 amide bonds. The summed E-state index contributed by atoms with van der Waals surface area (Å²) in [5.41, 5.74) is 11.0. The van der Waals surface area contributed by atoms with Crippen LogP contribution in [0.3, 0.4) is 0 Å². The summed E-state index contributed by atoms with van der Waals surface area (Å²) in [6.07, 6.45) is 16.1. The summed E-state index contributed by atoms with van der Waals surface area (Å²) in [4.78, 5) is 118. The summed E-state index contributed by atoms with van der Waals surface area (Å²) in [5, 5.41) is 19.5. The van der Waals surface area contributed by atoms with E-state index in [0.29, 0.717) is 71.5 Å². The number of carbonyl (C=O) groups is 8. The number of urea groups is 1. The Morgan fingerprint density at radius 3 is 2.30 bits per heavy atom. The number of esters is 1. The quantitative estimate of drug-likeness (QED) is 0.0287. The predicted molar refractivity (Wildman–Crippen MR) is 349 cm³/mol. The van der Waals surface area contributed by atoms with Crippen molar-refractivity contribution in [3.63, 3.8) is 0 Å². The number of hydrogen-bond acceptors (Lipinski definition) is 16. The van der Waals surface area contributed by atoms with E-state index >= 15 is 4.39 Å². The van der Waals surface area contributed by atoms with Crippen molar-refractivity contribution in [3.05, 3.63) is 89.8 Å². The van der Waals surface area contributed by atoms with Crippen LogP contribution in [0.15, 0.2) is 67.0 Å². The number of piperidine rings is 2. The number of likely N-dealkylation sites (tertiary alicyclic amines) is 2. The molecule has 1 aliphatic carbocycles. The summed E-state index contributed by atoms with van der Waals surface area (Å²) in [7, 11) is 8.33. The number of anilines is 3. The van der Waals surface area contributed by atoms with Crippen LogP contribution in [0.25, 0.3) is 32.9 Å². The number of fused-ring (bicyclic) bond motifs is 2. The van der Waals surface area contributed by atoms with Crippen molar-refractivity contribution in [1.29, 1.82) is 0 Å². The number of rotatable bonds is 25. The first-order chi connectivity index (χ1) is 44.9. The Bertz CT molecular complexity index is 3700. The number of aryl methyl sites for hydroxylation is 1. The van der Waals surface area contributed by atoms with E-state index < -0.39 is 23.6 Å². The lowest BCUT2D eigenvalue weighted by atomic mass is 9.56. The van der Waals surface area contributed by atoms with Gasteiger partial charge in [0.1, 0.15) is 31.0 Å². The predicted octanol–water partition coefficient (Wildman–Crippen LogP) is 6.08. The van der Waals surface area contributed by atoms with Crippen molar-refractivity contribution < 1.29 is 47.5 Å². The molecule has 1 spiro atoms. The topological polar surface area (TPSA) is 289 Å². The Balaban J connectivity index is 0.000000203. The van der Waals surface area contributed by atoms with Crippen molar-refractivity contribution in [2.45, 2.75) is 114 Å². The largest absolute Gasteiger partial charge is 0.468 e. The number of aldehydes is 1. The minimum atomic E-state index is -0.647. The Hall–Kier alpha value is -9.07. The van der Waals surface area contributed by atoms with Crippen molar-refractivity contribution in [1.82, 2.24) is 64.7 Å². The molecule has 1 atom stereocenters. The molecule has 496 valence electrons. The number of hydrogen-bond donors (Lipinski definition) is 4. The standard InChI is InChI=1S/C34H51N9O3.C33H36FN7O6/c1-36-17-7-5-3-4-6-10-30(44)41-19-15-26(16-20-41)25-11-13-27(14-12-25)38-33-31(32(35)45)37-23-29(39-33)42-18-8-9-28(24-42)43-22-21-40(2)34(43)46;1-38(16-27(43)35-15-30(46)47-3)29(45)17-41-25-7-4-6-22(23-11-26-20(10-24(23)34)14-36-39(26)2)31(25)32(37-41)21-12-33(13-21)18-40(19-33)28(44)8-5-9-42/h11-14,23,26,28,36H,3-10,15-22,24H2,1-2H3,(H2,35,45)(H,38,39);4,6-7,9-11,14,21H,5,8,12-13,15-19H2,1-3H3,(H,35,43). The first kappa shape index (κ1) is 66.8. The van der Waals surface area contributed by atoms with E-state index in [1.165, 1.54) is 49.9 Å². The number of carbonyl (C=O) groups excluding carboxylic acids is 8. The summed E-state index contributed by atoms with van der Waals surface area (Å²) in [6, 6.07) is 17.1. The van der Waals surface area contributed by atoms with Gasteiger partial charge in [-0.05, 0) is 112 Å². The SMILES string of the molecule is CNCCCCCCCC(=O)N1CCC(c2ccc(Nc3nc(N4CCCC(N5CCN(C)C5=O)C4)cnc3C(N)=O)cc2)CC1.COC(=O)CNC(=O)CN(C)C(=O)Cn1nc(C2CC3(C2)CN(C(=O)CCC=O)C3)c2c(-c3cc4c(cnn4C)cc3F)cccc21. The average molecular weight is 1280 g/mol. The van der Waals surface area contributed by atoms with Gasteiger partial charge < -0.3 is 60.6 Å². The molecule has 1 saturated carbocycles. The van der Waals surface area contributed by atoms with Crippen LogP contribution in [0, 0.1) is 11.2 Å². The van der Waals surface area contributed by atoms with E-state index in [1.54, 1.807) is 50.7 Å². The first-order valence-corrected chi connectivity index (χ1v) is 32.5. The van der Waals surface area contributed by atoms with E-state index in [9.17, 15) is 38.4 Å². The number of primary amides is 1. The second kappa shape index (κ2) is 30.1. The van der Waals surface area contributed by atoms with E-state index in [1.807, 2.05) is 48.2 Å². The Kier molecular flexibility index (Phi) is 21.7. The van der Waals surface area contributed by atoms with Crippen LogP contribution in [-0.4, -0.2) is 208 Å². The van der Waals surface area contributed by atoms with E-state index in [0.717, 1.165) is 119 Å². The number of likely N-dealkylation sites (N-methyl/N-ethyl adjacent to an activating group) is 2. The zero-order valence-electron chi connectivity index (χ0n) is 54.0. The van der Waals surface area contributed by atoms with Gasteiger partial charge in [0.2, 0.25) is 23.6 Å². The molecule has 26 heteroatoms. The molecule has 0 bridgehead atoms. The van der Waals surface area contributed by atoms with Crippen LogP contribution in [0.1, 0.15) is 123 Å². The molecule has 0 radical (unpaired) electrons. The molecule has 11 rings (SSSR count). The lowest BCUT2D eigenvalue weighted by molar-refractivity contribution is -0.151. The number of unbranched alkanes of at least 4 members (excludes halogenated alkanes) is 4. The number of nitrogens with two attached hydrogens (primary N) is 1. The number of amides is 7. The second-order valence-corrected chi connectivity index (χ2v) is 25.5. The first-order valence-electron chi connectivity index (χ1n) is 32.5. The Morgan fingerprint density at radius 1 is 0.849 bits per heavy atom. The van der Waals surface area contributed by atoms with Gasteiger partial charge in [0.25, 0.3) is 5.91 Å². The number of nitrogens with zero attached hydrogens (tertiary/aromatic N) is 12. The minimum Gasteiger partial charge on any atom is -0.468 e. The van der Waals surface area contributed by atoms with Crippen LogP contribution < -0.4 is 26.6 Å². The molecular weight excluding hydrogens is 1190 g/mol. The third kappa shape index (κ3) is 15.7. The van der Waals surface area contributed by atoms with Crippen LogP contribution in [0.2, 0.25) is 0 Å². The van der Waals surface area contributed by atoms with Gasteiger partial charge in [-0.3, -0.25) is 38.1 Å². The van der Waals surface area contributed by atoms with Crippen LogP contribution in [0.4, 0.5) is 26.5 Å². The molecule has 25 nitrogen and oxygen atoms in total. The summed E-state index contributed by atoms with van der Waals surface area (Å²) in [5.74, 6) is -0.877. The molecule has 5 aliphatic rings. The highest BCUT2D eigenvalue weighted by Gasteiger charge is 2.55. The zero-order chi connectivity index (χ0) is 65.9. The highest BCUT2D eigenvalue weighted by Crippen LogP contribution is 2.57. The van der Waals surface area contributed by atoms with Crippen molar-refractivity contribution in [2.75, 3.05) is 110 Å². The lowest BCUT2D eigenvalue weighted by Crippen LogP contribution is -2.63. The smallest absolute Gasteiger partial charge is 0.325 e. The molecule has 1 unspecified atom stereocenters. The Morgan fingerprint density at radius 2 is 1.59 bits per heavy atom. The number of halogens is 1. The third-order valence-electron chi connectivity index (χ3n) is 19.0. The van der Waals surface area contributed by atoms with Gasteiger partial charge in [-0.1, -0.05) is 43.5 Å². The lowest BCUT2D eigenvalue weighted by Gasteiger charge is -2.59. The van der Waals surface area contributed by atoms with Crippen LogP contribution >= 0.6 is 0 Å². The second-order valence-electron chi connectivity index (χ2n) is 25.5. The molecule has 3 aromatic heterocycles. The van der Waals surface area contributed by atoms with Gasteiger partial charge in [-0.25, -0.2) is 19.2 Å². The maximum Gasteiger partial charge on any atom is 0.325 e. The van der Waals surface area contributed by atoms with Gasteiger partial charge in [0.05, 0.1) is 48.8 Å². The highest BCUT2D eigenvalue weighted by atomic mass is 19.1. The van der Waals surface area contributed by atoms with E-state index in [4.69, 9.17) is 15.8 Å². The fourth-order valence-electron chi connectivity index (χ4n) is 13.8. The van der Waals surface area contributed by atoms with E-state index in [-0.39, 0.29) is 73.4 Å². The molecular formula is C67H87FN16O9. The van der Waals surface area contributed by atoms with Crippen molar-refractivity contribution in [2.24, 2.45) is 18.2 Å². The third-order valence-corrected chi connectivity index (χ3v) is 19.0. The normalized spacial score (nSPS) is 17.2. The maximum absolute atomic E-state index is 15.7. The highest BCUT2D eigenvalue weighted by molar-refractivity contribution is 6.00. The molecule has 93 heavy (non-hydrogen) atoms. The summed E-state index contributed by atoms with van der Waals surface area (Å²) in [6.45, 7) is 6.12. The van der Waals surface area contributed by atoms with Gasteiger partial charge in [-0.15, -0.1) is 0 Å². The zero-order valence-corrected chi connectivity index (χ0v) is 54.0. The van der Waals surface area contributed by atoms with E-state index in [2.05, 4.69) is 47.8 Å². The van der Waals surface area contributed by atoms with Crippen LogP contribution in [0.5, 0.6) is 0 Å². The molecule has 4 aliphatic heterocycles. The summed E-state index contributed by atoms with van der Waals surface area (Å²) >= 11 is 0. The Labute approximate surface area is 540 Å². The molecule has 5 fully saturated rings.